The van der Waals surface area contributed by atoms with Gasteiger partial charge in [0.15, 0.2) is 6.10 Å². The Morgan fingerprint density at radius 1 is 0.828 bits per heavy atom. The van der Waals surface area contributed by atoms with Crippen molar-refractivity contribution in [2.75, 3.05) is 0 Å². The highest BCUT2D eigenvalue weighted by molar-refractivity contribution is 6.06. The van der Waals surface area contributed by atoms with Gasteiger partial charge in [-0.2, -0.15) is 0 Å². The van der Waals surface area contributed by atoms with Gasteiger partial charge in [0, 0.05) is 16.5 Å². The fourth-order valence-corrected chi connectivity index (χ4v) is 3.22. The number of benzene rings is 3. The predicted molar refractivity (Wildman–Crippen MR) is 113 cm³/mol. The lowest BCUT2D eigenvalue weighted by atomic mass is 10.0. The molecule has 1 atom stereocenters. The molecular formula is C25H19NO3. The molecule has 0 saturated heterocycles. The van der Waals surface area contributed by atoms with Gasteiger partial charge in [-0.25, -0.2) is 9.78 Å². The van der Waals surface area contributed by atoms with Gasteiger partial charge in [-0.3, -0.25) is 4.79 Å². The van der Waals surface area contributed by atoms with Crippen molar-refractivity contribution in [2.24, 2.45) is 0 Å². The highest BCUT2D eigenvalue weighted by atomic mass is 16.5. The molecule has 0 N–H and O–H groups in total. The molecule has 142 valence electrons. The molecule has 0 bridgehead atoms. The summed E-state index contributed by atoms with van der Waals surface area (Å²) < 4.78 is 5.54. The normalized spacial score (nSPS) is 11.8. The summed E-state index contributed by atoms with van der Waals surface area (Å²) in [6.45, 7) is 1.59. The van der Waals surface area contributed by atoms with Crippen LogP contribution < -0.4 is 0 Å². The quantitative estimate of drug-likeness (QED) is 0.346. The summed E-state index contributed by atoms with van der Waals surface area (Å²) in [7, 11) is 0. The van der Waals surface area contributed by atoms with Crippen LogP contribution in [0.15, 0.2) is 91.0 Å². The van der Waals surface area contributed by atoms with Gasteiger partial charge < -0.3 is 4.74 Å². The third-order valence-electron chi connectivity index (χ3n) is 4.72. The molecule has 0 aliphatic rings. The van der Waals surface area contributed by atoms with E-state index in [0.29, 0.717) is 27.7 Å². The molecule has 0 amide bonds. The SMILES string of the molecule is C[C@H](OC(=O)c1cc(-c2ccccc2)nc2ccccc12)C(=O)c1ccccc1. The van der Waals surface area contributed by atoms with Crippen molar-refractivity contribution in [3.05, 3.63) is 102 Å². The van der Waals surface area contributed by atoms with E-state index in [-0.39, 0.29) is 5.78 Å². The smallest absolute Gasteiger partial charge is 0.339 e. The first kappa shape index (κ1) is 18.6. The Balaban J connectivity index is 1.69. The molecule has 0 aliphatic carbocycles. The van der Waals surface area contributed by atoms with Crippen molar-refractivity contribution in [1.29, 1.82) is 0 Å². The van der Waals surface area contributed by atoms with E-state index in [0.717, 1.165) is 5.56 Å². The van der Waals surface area contributed by atoms with E-state index in [1.807, 2.05) is 60.7 Å². The van der Waals surface area contributed by atoms with E-state index in [4.69, 9.17) is 4.74 Å². The molecule has 0 saturated carbocycles. The molecule has 0 radical (unpaired) electrons. The minimum absolute atomic E-state index is 0.236. The summed E-state index contributed by atoms with van der Waals surface area (Å²) in [6, 6.07) is 27.6. The Hall–Kier alpha value is -3.79. The number of ketones is 1. The average molecular weight is 381 g/mol. The molecule has 0 fully saturated rings. The second-order valence-electron chi connectivity index (χ2n) is 6.72. The molecule has 1 heterocycles. The highest BCUT2D eigenvalue weighted by Crippen LogP contribution is 2.25. The Morgan fingerprint density at radius 3 is 2.17 bits per heavy atom. The van der Waals surface area contributed by atoms with Gasteiger partial charge in [0.1, 0.15) is 0 Å². The maximum atomic E-state index is 13.0. The van der Waals surface area contributed by atoms with Crippen LogP contribution in [0.3, 0.4) is 0 Å². The fraction of sp³-hybridized carbons (Fsp3) is 0.0800. The Kier molecular flexibility index (Phi) is 5.16. The number of aromatic nitrogens is 1. The van der Waals surface area contributed by atoms with Crippen LogP contribution in [-0.4, -0.2) is 22.8 Å². The molecule has 0 aliphatic heterocycles. The Morgan fingerprint density at radius 2 is 1.45 bits per heavy atom. The summed E-state index contributed by atoms with van der Waals surface area (Å²) >= 11 is 0. The van der Waals surface area contributed by atoms with E-state index in [1.54, 1.807) is 37.3 Å². The molecular weight excluding hydrogens is 362 g/mol. The minimum Gasteiger partial charge on any atom is -0.451 e. The van der Waals surface area contributed by atoms with Crippen LogP contribution in [0.25, 0.3) is 22.2 Å². The molecule has 0 unspecified atom stereocenters. The molecule has 4 nitrogen and oxygen atoms in total. The molecule has 3 aromatic carbocycles. The number of hydrogen-bond donors (Lipinski definition) is 0. The molecule has 1 aromatic heterocycles. The summed E-state index contributed by atoms with van der Waals surface area (Å²) in [5.41, 5.74) is 3.18. The van der Waals surface area contributed by atoms with Crippen LogP contribution >= 0.6 is 0 Å². The highest BCUT2D eigenvalue weighted by Gasteiger charge is 2.22. The lowest BCUT2D eigenvalue weighted by Crippen LogP contribution is -2.24. The standard InChI is InChI=1S/C25H19NO3/c1-17(24(27)19-12-6-3-7-13-19)29-25(28)21-16-23(18-10-4-2-5-11-18)26-22-15-9-8-14-20(21)22/h2-17H,1H3/t17-/m0/s1. The number of para-hydroxylation sites is 1. The largest absolute Gasteiger partial charge is 0.451 e. The van der Waals surface area contributed by atoms with Crippen LogP contribution in [0.2, 0.25) is 0 Å². The number of carbonyl (C=O) groups is 2. The van der Waals surface area contributed by atoms with Crippen LogP contribution in [0.4, 0.5) is 0 Å². The molecule has 4 heteroatoms. The maximum absolute atomic E-state index is 13.0. The van der Waals surface area contributed by atoms with Crippen molar-refractivity contribution in [3.63, 3.8) is 0 Å². The molecule has 4 aromatic rings. The Labute approximate surface area is 168 Å². The third-order valence-corrected chi connectivity index (χ3v) is 4.72. The molecule has 4 rings (SSSR count). The van der Waals surface area contributed by atoms with E-state index in [9.17, 15) is 9.59 Å². The first-order chi connectivity index (χ1) is 14.1. The maximum Gasteiger partial charge on any atom is 0.339 e. The van der Waals surface area contributed by atoms with Crippen molar-refractivity contribution in [3.8, 4) is 11.3 Å². The number of Topliss-reactive ketones (excluding diaryl/α,β-unsaturated/α-hetero) is 1. The number of fused-ring (bicyclic) bond motifs is 1. The van der Waals surface area contributed by atoms with Crippen LogP contribution in [0.1, 0.15) is 27.6 Å². The zero-order valence-electron chi connectivity index (χ0n) is 15.9. The first-order valence-corrected chi connectivity index (χ1v) is 9.39. The monoisotopic (exact) mass is 381 g/mol. The van der Waals surface area contributed by atoms with Crippen LogP contribution in [-0.2, 0) is 4.74 Å². The number of nitrogens with zero attached hydrogens (tertiary/aromatic N) is 1. The van der Waals surface area contributed by atoms with Gasteiger partial charge in [0.2, 0.25) is 5.78 Å². The van der Waals surface area contributed by atoms with Crippen LogP contribution in [0, 0.1) is 0 Å². The van der Waals surface area contributed by atoms with Crippen molar-refractivity contribution < 1.29 is 14.3 Å². The van der Waals surface area contributed by atoms with E-state index < -0.39 is 12.1 Å². The van der Waals surface area contributed by atoms with E-state index >= 15 is 0 Å². The summed E-state index contributed by atoms with van der Waals surface area (Å²) in [6.07, 6.45) is -0.892. The molecule has 29 heavy (non-hydrogen) atoms. The lowest BCUT2D eigenvalue weighted by Gasteiger charge is -2.14. The number of hydrogen-bond acceptors (Lipinski definition) is 4. The Bertz CT molecular complexity index is 1170. The fourth-order valence-electron chi connectivity index (χ4n) is 3.22. The van der Waals surface area contributed by atoms with Gasteiger partial charge in [-0.05, 0) is 19.1 Å². The summed E-state index contributed by atoms with van der Waals surface area (Å²) in [5, 5.41) is 0.691. The van der Waals surface area contributed by atoms with Crippen molar-refractivity contribution >= 4 is 22.7 Å². The topological polar surface area (TPSA) is 56.3 Å². The second kappa shape index (κ2) is 8.07. The average Bonchev–Trinajstić information content (AvgIpc) is 2.78. The zero-order valence-corrected chi connectivity index (χ0v) is 15.9. The van der Waals surface area contributed by atoms with Gasteiger partial charge in [-0.15, -0.1) is 0 Å². The van der Waals surface area contributed by atoms with Gasteiger partial charge in [0.25, 0.3) is 0 Å². The van der Waals surface area contributed by atoms with Gasteiger partial charge in [0.05, 0.1) is 16.8 Å². The lowest BCUT2D eigenvalue weighted by molar-refractivity contribution is 0.0320. The van der Waals surface area contributed by atoms with Gasteiger partial charge in [-0.1, -0.05) is 78.9 Å². The third kappa shape index (κ3) is 3.92. The van der Waals surface area contributed by atoms with Gasteiger partial charge >= 0.3 is 5.97 Å². The predicted octanol–water partition coefficient (Wildman–Crippen LogP) is 5.33. The van der Waals surface area contributed by atoms with Crippen molar-refractivity contribution in [1.82, 2.24) is 4.98 Å². The molecule has 0 spiro atoms. The minimum atomic E-state index is -0.892. The number of rotatable bonds is 5. The summed E-state index contributed by atoms with van der Waals surface area (Å²) in [4.78, 5) is 30.2. The van der Waals surface area contributed by atoms with E-state index in [2.05, 4.69) is 4.98 Å². The van der Waals surface area contributed by atoms with E-state index in [1.165, 1.54) is 0 Å². The summed E-state index contributed by atoms with van der Waals surface area (Å²) in [5.74, 6) is -0.779. The number of pyridine rings is 1. The number of ether oxygens (including phenoxy) is 1. The zero-order chi connectivity index (χ0) is 20.2. The van der Waals surface area contributed by atoms with Crippen molar-refractivity contribution in [2.45, 2.75) is 13.0 Å². The number of esters is 1. The van der Waals surface area contributed by atoms with Crippen LogP contribution in [0.5, 0.6) is 0 Å². The first-order valence-electron chi connectivity index (χ1n) is 9.39. The number of carbonyl (C=O) groups excluding carboxylic acids is 2. The second-order valence-corrected chi connectivity index (χ2v) is 6.72.